The normalized spacial score (nSPS) is 11.0. The molecule has 0 amide bonds. The second-order valence-electron chi connectivity index (χ2n) is 2.04. The van der Waals surface area contributed by atoms with Crippen LogP contribution in [0.4, 0.5) is 0 Å². The summed E-state index contributed by atoms with van der Waals surface area (Å²) in [5, 5.41) is 3.31. The van der Waals surface area contributed by atoms with E-state index in [1.807, 2.05) is 0 Å². The number of hydrogen-bond acceptors (Lipinski definition) is 4. The Labute approximate surface area is 65.2 Å². The van der Waals surface area contributed by atoms with E-state index >= 15 is 0 Å². The van der Waals surface area contributed by atoms with Gasteiger partial charge in [0.15, 0.2) is 5.78 Å². The summed E-state index contributed by atoms with van der Waals surface area (Å²) in [4.78, 5) is 25.3. The summed E-state index contributed by atoms with van der Waals surface area (Å²) >= 11 is 0. The molecule has 62 valence electrons. The van der Waals surface area contributed by atoms with Gasteiger partial charge in [0.25, 0.3) is 0 Å². The molecule has 0 aliphatic heterocycles. The van der Waals surface area contributed by atoms with Crippen molar-refractivity contribution >= 4 is 17.5 Å². The predicted molar refractivity (Wildman–Crippen MR) is 40.2 cm³/mol. The lowest BCUT2D eigenvalue weighted by Gasteiger charge is -1.94. The second-order valence-corrected chi connectivity index (χ2v) is 2.04. The Morgan fingerprint density at radius 1 is 1.36 bits per heavy atom. The van der Waals surface area contributed by atoms with Gasteiger partial charge in [-0.15, -0.1) is 0 Å². The number of carbonyl (C=O) groups excluding carboxylic acids is 2. The van der Waals surface area contributed by atoms with Crippen molar-refractivity contribution in [2.24, 2.45) is 5.16 Å². The van der Waals surface area contributed by atoms with E-state index in [2.05, 4.69) is 9.99 Å². The molecule has 0 aromatic heterocycles. The predicted octanol–water partition coefficient (Wildman–Crippen LogP) is 0.905. The molecule has 0 saturated carbocycles. The molecule has 11 heavy (non-hydrogen) atoms. The van der Waals surface area contributed by atoms with Crippen molar-refractivity contribution in [3.8, 4) is 0 Å². The first kappa shape index (κ1) is 9.81. The smallest absolute Gasteiger partial charge is 0.318 e. The summed E-state index contributed by atoms with van der Waals surface area (Å²) in [5.41, 5.74) is 0.225. The number of ketones is 1. The summed E-state index contributed by atoms with van der Waals surface area (Å²) in [6.07, 6.45) is 0.372. The molecular formula is C7H11NO3. The molecule has 4 heteroatoms. The monoisotopic (exact) mass is 157 g/mol. The second kappa shape index (κ2) is 4.60. The Balaban J connectivity index is 4.00. The minimum Gasteiger partial charge on any atom is -0.318 e. The number of hydrogen-bond donors (Lipinski definition) is 0. The van der Waals surface area contributed by atoms with E-state index in [4.69, 9.17) is 0 Å². The van der Waals surface area contributed by atoms with Gasteiger partial charge in [-0.05, 0) is 6.92 Å². The van der Waals surface area contributed by atoms with Crippen molar-refractivity contribution in [1.82, 2.24) is 0 Å². The molecule has 0 N–H and O–H groups in total. The van der Waals surface area contributed by atoms with Gasteiger partial charge in [0, 0.05) is 13.3 Å². The van der Waals surface area contributed by atoms with Crippen molar-refractivity contribution in [1.29, 1.82) is 0 Å². The summed E-state index contributed by atoms with van der Waals surface area (Å²) < 4.78 is 0. The molecule has 0 radical (unpaired) electrons. The fourth-order valence-electron chi connectivity index (χ4n) is 0.439. The highest BCUT2D eigenvalue weighted by Crippen LogP contribution is 1.88. The molecule has 0 aromatic rings. The maximum atomic E-state index is 10.8. The fourth-order valence-corrected chi connectivity index (χ4v) is 0.439. The van der Waals surface area contributed by atoms with Gasteiger partial charge in [0.2, 0.25) is 0 Å². The van der Waals surface area contributed by atoms with Gasteiger partial charge in [0.05, 0.1) is 0 Å². The third-order valence-corrected chi connectivity index (χ3v) is 1.04. The first-order valence-electron chi connectivity index (χ1n) is 3.33. The van der Waals surface area contributed by atoms with Crippen molar-refractivity contribution < 1.29 is 14.4 Å². The molecule has 0 unspecified atom stereocenters. The summed E-state index contributed by atoms with van der Waals surface area (Å²) in [6, 6.07) is 0. The van der Waals surface area contributed by atoms with E-state index in [-0.39, 0.29) is 11.5 Å². The van der Waals surface area contributed by atoms with E-state index in [0.717, 1.165) is 0 Å². The molecule has 0 aliphatic carbocycles. The van der Waals surface area contributed by atoms with Crippen LogP contribution in [-0.4, -0.2) is 17.5 Å². The molecule has 0 heterocycles. The minimum atomic E-state index is -0.520. The number of rotatable bonds is 3. The van der Waals surface area contributed by atoms with Crippen molar-refractivity contribution in [3.05, 3.63) is 0 Å². The topological polar surface area (TPSA) is 55.7 Å². The van der Waals surface area contributed by atoms with Crippen LogP contribution in [0.15, 0.2) is 5.16 Å². The van der Waals surface area contributed by atoms with Gasteiger partial charge < -0.3 is 4.84 Å². The summed E-state index contributed by atoms with van der Waals surface area (Å²) in [7, 11) is 0. The largest absolute Gasteiger partial charge is 0.331 e. The van der Waals surface area contributed by atoms with Gasteiger partial charge in [-0.2, -0.15) is 0 Å². The maximum absolute atomic E-state index is 10.8. The average molecular weight is 157 g/mol. The highest BCUT2D eigenvalue weighted by atomic mass is 16.7. The van der Waals surface area contributed by atoms with E-state index < -0.39 is 5.97 Å². The van der Waals surface area contributed by atoms with Crippen LogP contribution >= 0.6 is 0 Å². The number of carbonyl (C=O) groups is 2. The van der Waals surface area contributed by atoms with E-state index in [0.29, 0.717) is 6.42 Å². The standard InChI is InChI=1S/C7H11NO3/c1-4-7(10)5(2)8-11-6(3)9/h4H2,1-3H3. The van der Waals surface area contributed by atoms with Crippen LogP contribution in [-0.2, 0) is 14.4 Å². The van der Waals surface area contributed by atoms with Crippen molar-refractivity contribution in [2.45, 2.75) is 27.2 Å². The number of oxime groups is 1. The van der Waals surface area contributed by atoms with Gasteiger partial charge in [0.1, 0.15) is 5.71 Å². The molecule has 0 saturated heterocycles. The Morgan fingerprint density at radius 2 is 1.91 bits per heavy atom. The lowest BCUT2D eigenvalue weighted by atomic mass is 10.2. The van der Waals surface area contributed by atoms with E-state index in [1.54, 1.807) is 6.92 Å². The lowest BCUT2D eigenvalue weighted by molar-refractivity contribution is -0.140. The molecule has 0 rings (SSSR count). The third-order valence-electron chi connectivity index (χ3n) is 1.04. The van der Waals surface area contributed by atoms with Crippen LogP contribution in [0.25, 0.3) is 0 Å². The van der Waals surface area contributed by atoms with Crippen molar-refractivity contribution in [3.63, 3.8) is 0 Å². The molecule has 4 nitrogen and oxygen atoms in total. The van der Waals surface area contributed by atoms with Crippen LogP contribution in [0, 0.1) is 0 Å². The van der Waals surface area contributed by atoms with Gasteiger partial charge >= 0.3 is 5.97 Å². The van der Waals surface area contributed by atoms with Crippen LogP contribution < -0.4 is 0 Å². The third kappa shape index (κ3) is 4.25. The first-order chi connectivity index (χ1) is 5.07. The van der Waals surface area contributed by atoms with E-state index in [1.165, 1.54) is 13.8 Å². The molecule has 0 bridgehead atoms. The van der Waals surface area contributed by atoms with Gasteiger partial charge in [-0.25, -0.2) is 4.79 Å². The fraction of sp³-hybridized carbons (Fsp3) is 0.571. The highest BCUT2D eigenvalue weighted by molar-refractivity contribution is 6.38. The van der Waals surface area contributed by atoms with Gasteiger partial charge in [-0.3, -0.25) is 4.79 Å². The van der Waals surface area contributed by atoms with Crippen LogP contribution in [0.2, 0.25) is 0 Å². The molecule has 0 aliphatic rings. The molecular weight excluding hydrogens is 146 g/mol. The minimum absolute atomic E-state index is 0.119. The van der Waals surface area contributed by atoms with Gasteiger partial charge in [-0.1, -0.05) is 12.1 Å². The zero-order valence-electron chi connectivity index (χ0n) is 6.88. The van der Waals surface area contributed by atoms with Crippen molar-refractivity contribution in [2.75, 3.05) is 0 Å². The highest BCUT2D eigenvalue weighted by Gasteiger charge is 2.02. The quantitative estimate of drug-likeness (QED) is 0.347. The molecule has 0 fully saturated rings. The SMILES string of the molecule is CCC(=O)C(C)=NOC(C)=O. The summed E-state index contributed by atoms with van der Waals surface area (Å²) in [6.45, 7) is 4.46. The number of Topliss-reactive ketones (excluding diaryl/α,β-unsaturated/α-hetero) is 1. The molecule has 0 atom stereocenters. The number of nitrogens with zero attached hydrogens (tertiary/aromatic N) is 1. The average Bonchev–Trinajstić information content (AvgIpc) is 1.98. The van der Waals surface area contributed by atoms with Crippen LogP contribution in [0.5, 0.6) is 0 Å². The molecule has 0 aromatic carbocycles. The first-order valence-corrected chi connectivity index (χ1v) is 3.33. The Kier molecular flexibility index (Phi) is 4.10. The zero-order chi connectivity index (χ0) is 8.85. The summed E-state index contributed by atoms with van der Waals surface area (Å²) in [5.74, 6) is -0.639. The van der Waals surface area contributed by atoms with E-state index in [9.17, 15) is 9.59 Å². The lowest BCUT2D eigenvalue weighted by Crippen LogP contribution is -2.09. The molecule has 0 spiro atoms. The Hall–Kier alpha value is -1.19. The Morgan fingerprint density at radius 3 is 2.27 bits per heavy atom. The van der Waals surface area contributed by atoms with Crippen LogP contribution in [0.1, 0.15) is 27.2 Å². The maximum Gasteiger partial charge on any atom is 0.331 e. The Bertz CT molecular complexity index is 196. The zero-order valence-corrected chi connectivity index (χ0v) is 6.88. The van der Waals surface area contributed by atoms with Crippen LogP contribution in [0.3, 0.4) is 0 Å².